The van der Waals surface area contributed by atoms with Crippen molar-refractivity contribution in [2.75, 3.05) is 7.11 Å². The van der Waals surface area contributed by atoms with Gasteiger partial charge in [-0.15, -0.1) is 0 Å². The molecule has 140 valence electrons. The van der Waals surface area contributed by atoms with Crippen molar-refractivity contribution >= 4 is 23.4 Å². The van der Waals surface area contributed by atoms with Crippen LogP contribution in [0.3, 0.4) is 0 Å². The predicted molar refractivity (Wildman–Crippen MR) is 104 cm³/mol. The molecule has 0 bridgehead atoms. The first kappa shape index (κ1) is 21.7. The average molecular weight is 367 g/mol. The van der Waals surface area contributed by atoms with E-state index in [-0.39, 0.29) is 17.7 Å². The van der Waals surface area contributed by atoms with Crippen LogP contribution in [0.4, 0.5) is 0 Å². The zero-order chi connectivity index (χ0) is 18.5. The van der Waals surface area contributed by atoms with Gasteiger partial charge in [0.25, 0.3) is 0 Å². The summed E-state index contributed by atoms with van der Waals surface area (Å²) in [5.74, 6) is -0.0794. The smallest absolute Gasteiger partial charge is 0.305 e. The van der Waals surface area contributed by atoms with Crippen LogP contribution in [0, 0.1) is 5.92 Å². The van der Waals surface area contributed by atoms with E-state index in [2.05, 4.69) is 23.8 Å². The Kier molecular flexibility index (Phi) is 11.2. The fourth-order valence-corrected chi connectivity index (χ4v) is 3.17. The highest BCUT2D eigenvalue weighted by molar-refractivity contribution is 6.46. The normalized spacial score (nSPS) is 19.0. The van der Waals surface area contributed by atoms with Crippen LogP contribution in [-0.4, -0.2) is 18.9 Å². The number of carbonyl (C=O) groups excluding carboxylic acids is 2. The van der Waals surface area contributed by atoms with E-state index in [1.807, 2.05) is 12.2 Å². The number of hydrogen-bond acceptors (Lipinski definition) is 3. The number of allylic oxidation sites excluding steroid dienone is 6. The number of esters is 1. The first-order valence-electron chi connectivity index (χ1n) is 9.44. The van der Waals surface area contributed by atoms with Crippen LogP contribution in [0.25, 0.3) is 0 Å². The van der Waals surface area contributed by atoms with Gasteiger partial charge in [-0.2, -0.15) is 0 Å². The lowest BCUT2D eigenvalue weighted by Gasteiger charge is -2.07. The molecule has 1 aliphatic rings. The van der Waals surface area contributed by atoms with Gasteiger partial charge in [0.2, 0.25) is 0 Å². The third-order valence-electron chi connectivity index (χ3n) is 4.43. The summed E-state index contributed by atoms with van der Waals surface area (Å²) in [6, 6.07) is 0. The molecule has 0 aromatic rings. The average Bonchev–Trinajstić information content (AvgIpc) is 2.88. The van der Waals surface area contributed by atoms with Gasteiger partial charge in [-0.05, 0) is 38.5 Å². The van der Waals surface area contributed by atoms with Crippen LogP contribution >= 0.6 is 11.6 Å². The summed E-state index contributed by atoms with van der Waals surface area (Å²) in [7, 11) is 1.41. The molecule has 0 aromatic heterocycles. The Labute approximate surface area is 157 Å². The number of rotatable bonds is 12. The van der Waals surface area contributed by atoms with Crippen molar-refractivity contribution in [2.45, 2.75) is 71.1 Å². The molecule has 4 heteroatoms. The van der Waals surface area contributed by atoms with Gasteiger partial charge in [0.05, 0.1) is 12.1 Å². The number of ether oxygens (including phenoxy) is 1. The molecule has 1 aliphatic carbocycles. The molecular weight excluding hydrogens is 336 g/mol. The molecule has 0 saturated carbocycles. The van der Waals surface area contributed by atoms with Gasteiger partial charge in [-0.3, -0.25) is 9.59 Å². The summed E-state index contributed by atoms with van der Waals surface area (Å²) < 4.78 is 4.62. The minimum Gasteiger partial charge on any atom is -0.469 e. The van der Waals surface area contributed by atoms with E-state index in [1.165, 1.54) is 26.4 Å². The predicted octanol–water partition coefficient (Wildman–Crippen LogP) is 5.88. The van der Waals surface area contributed by atoms with E-state index in [0.717, 1.165) is 44.1 Å². The number of methoxy groups -OCH3 is 1. The maximum absolute atomic E-state index is 12.2. The number of halogens is 1. The number of carbonyl (C=O) groups is 2. The summed E-state index contributed by atoms with van der Waals surface area (Å²) >= 11 is 6.04. The molecular formula is C21H31ClO3. The largest absolute Gasteiger partial charge is 0.469 e. The van der Waals surface area contributed by atoms with Crippen molar-refractivity contribution < 1.29 is 14.3 Å². The minimum atomic E-state index is -0.161. The quantitative estimate of drug-likeness (QED) is 0.187. The second-order valence-electron chi connectivity index (χ2n) is 6.49. The lowest BCUT2D eigenvalue weighted by molar-refractivity contribution is -0.140. The van der Waals surface area contributed by atoms with E-state index in [4.69, 9.17) is 11.6 Å². The molecule has 3 nitrogen and oxygen atoms in total. The molecule has 0 N–H and O–H groups in total. The van der Waals surface area contributed by atoms with E-state index < -0.39 is 0 Å². The molecule has 0 heterocycles. The van der Waals surface area contributed by atoms with E-state index in [0.29, 0.717) is 11.5 Å². The molecule has 0 saturated heterocycles. The molecule has 0 aliphatic heterocycles. The first-order valence-corrected chi connectivity index (χ1v) is 9.81. The van der Waals surface area contributed by atoms with Gasteiger partial charge in [0.1, 0.15) is 0 Å². The van der Waals surface area contributed by atoms with Gasteiger partial charge in [-0.1, -0.05) is 62.1 Å². The third-order valence-corrected chi connectivity index (χ3v) is 4.73. The molecule has 25 heavy (non-hydrogen) atoms. The summed E-state index contributed by atoms with van der Waals surface area (Å²) in [6.07, 6.45) is 18.0. The van der Waals surface area contributed by atoms with Gasteiger partial charge in [0, 0.05) is 17.9 Å². The Bertz CT molecular complexity index is 517. The number of hydrogen-bond donors (Lipinski definition) is 0. The summed E-state index contributed by atoms with van der Waals surface area (Å²) in [5, 5.41) is 0.348. The van der Waals surface area contributed by atoms with E-state index >= 15 is 0 Å². The SMILES string of the molecule is CCCCCC=CCC1C=C(Cl)C(=O)C1=CCCCCCC(=O)OC. The topological polar surface area (TPSA) is 43.4 Å². The highest BCUT2D eigenvalue weighted by atomic mass is 35.5. The fourth-order valence-electron chi connectivity index (χ4n) is 2.91. The summed E-state index contributed by atoms with van der Waals surface area (Å²) in [6.45, 7) is 2.20. The Hall–Kier alpha value is -1.35. The van der Waals surface area contributed by atoms with Crippen LogP contribution in [0.5, 0.6) is 0 Å². The summed E-state index contributed by atoms with van der Waals surface area (Å²) in [4.78, 5) is 23.2. The van der Waals surface area contributed by atoms with Crippen LogP contribution in [0.2, 0.25) is 0 Å². The molecule has 1 unspecified atom stereocenters. The maximum atomic E-state index is 12.2. The Morgan fingerprint density at radius 1 is 1.16 bits per heavy atom. The highest BCUT2D eigenvalue weighted by Gasteiger charge is 2.27. The van der Waals surface area contributed by atoms with Crippen molar-refractivity contribution in [3.63, 3.8) is 0 Å². The van der Waals surface area contributed by atoms with Crippen LogP contribution in [-0.2, 0) is 14.3 Å². The molecule has 1 atom stereocenters. The standard InChI is InChI=1S/C21H31ClO3/c1-3-4-5-6-7-10-13-17-16-19(22)21(24)18(17)14-11-8-9-12-15-20(23)25-2/h7,10,14,16-17H,3-6,8-9,11-13,15H2,1-2H3. The third kappa shape index (κ3) is 8.53. The van der Waals surface area contributed by atoms with Crippen LogP contribution in [0.1, 0.15) is 71.1 Å². The first-order chi connectivity index (χ1) is 12.1. The highest BCUT2D eigenvalue weighted by Crippen LogP contribution is 2.32. The van der Waals surface area contributed by atoms with Crippen molar-refractivity contribution in [1.29, 1.82) is 0 Å². The van der Waals surface area contributed by atoms with Gasteiger partial charge in [-0.25, -0.2) is 0 Å². The molecule has 0 fully saturated rings. The Morgan fingerprint density at radius 2 is 1.92 bits per heavy atom. The molecule has 0 amide bonds. The Morgan fingerprint density at radius 3 is 2.64 bits per heavy atom. The lowest BCUT2D eigenvalue weighted by atomic mass is 9.96. The van der Waals surface area contributed by atoms with Crippen LogP contribution < -0.4 is 0 Å². The second kappa shape index (κ2) is 12.9. The Balaban J connectivity index is 2.38. The number of ketones is 1. The van der Waals surface area contributed by atoms with Gasteiger partial charge < -0.3 is 4.74 Å². The second-order valence-corrected chi connectivity index (χ2v) is 6.90. The van der Waals surface area contributed by atoms with E-state index in [9.17, 15) is 9.59 Å². The van der Waals surface area contributed by atoms with Crippen molar-refractivity contribution in [3.8, 4) is 0 Å². The molecule has 0 aromatic carbocycles. The number of Topliss-reactive ketones (excluding diaryl/α,β-unsaturated/α-hetero) is 1. The zero-order valence-electron chi connectivity index (χ0n) is 15.6. The van der Waals surface area contributed by atoms with Crippen LogP contribution in [0.15, 0.2) is 34.9 Å². The fraction of sp³-hybridized carbons (Fsp3) is 0.619. The zero-order valence-corrected chi connectivity index (χ0v) is 16.3. The van der Waals surface area contributed by atoms with Gasteiger partial charge >= 0.3 is 5.97 Å². The van der Waals surface area contributed by atoms with Crippen molar-refractivity contribution in [1.82, 2.24) is 0 Å². The molecule has 1 rings (SSSR count). The summed E-state index contributed by atoms with van der Waals surface area (Å²) in [5.41, 5.74) is 0.830. The van der Waals surface area contributed by atoms with Crippen molar-refractivity contribution in [2.24, 2.45) is 5.92 Å². The molecule has 0 radical (unpaired) electrons. The minimum absolute atomic E-state index is 0.0272. The lowest BCUT2D eigenvalue weighted by Crippen LogP contribution is -2.03. The monoisotopic (exact) mass is 366 g/mol. The maximum Gasteiger partial charge on any atom is 0.305 e. The van der Waals surface area contributed by atoms with E-state index in [1.54, 1.807) is 0 Å². The van der Waals surface area contributed by atoms with Gasteiger partial charge in [0.15, 0.2) is 5.78 Å². The number of unbranched alkanes of at least 4 members (excludes halogenated alkanes) is 6. The molecule has 0 spiro atoms. The van der Waals surface area contributed by atoms with Crippen molar-refractivity contribution in [3.05, 3.63) is 34.9 Å².